The third kappa shape index (κ3) is 2.39. The summed E-state index contributed by atoms with van der Waals surface area (Å²) in [7, 11) is 2.07. The van der Waals surface area contributed by atoms with Crippen LogP contribution in [0.15, 0.2) is 18.2 Å². The van der Waals surface area contributed by atoms with E-state index in [2.05, 4.69) is 63.2 Å². The quantitative estimate of drug-likeness (QED) is 0.861. The van der Waals surface area contributed by atoms with Crippen molar-refractivity contribution in [1.29, 1.82) is 0 Å². The number of piperidine rings is 1. The number of likely N-dealkylation sites (N-methyl/N-ethyl adjacent to an activating group) is 1. The second-order valence-electron chi connectivity index (χ2n) is 6.17. The number of hydrogen-bond acceptors (Lipinski definition) is 2. The van der Waals surface area contributed by atoms with Crippen molar-refractivity contribution < 1.29 is 0 Å². The van der Waals surface area contributed by atoms with Gasteiger partial charge in [0, 0.05) is 23.8 Å². The monoisotopic (exact) mass is 246 g/mol. The van der Waals surface area contributed by atoms with E-state index in [1.54, 1.807) is 0 Å². The predicted molar refractivity (Wildman–Crippen MR) is 79.4 cm³/mol. The third-order valence-corrected chi connectivity index (χ3v) is 4.51. The Kier molecular flexibility index (Phi) is 3.67. The Labute approximate surface area is 111 Å². The predicted octanol–water partition coefficient (Wildman–Crippen LogP) is 3.27. The minimum absolute atomic E-state index is 0.256. The molecule has 1 aliphatic heterocycles. The molecule has 0 amide bonds. The topological polar surface area (TPSA) is 15.3 Å². The highest BCUT2D eigenvalue weighted by molar-refractivity contribution is 5.58. The Morgan fingerprint density at radius 2 is 2.00 bits per heavy atom. The Morgan fingerprint density at radius 3 is 2.67 bits per heavy atom. The van der Waals surface area contributed by atoms with Gasteiger partial charge in [0.1, 0.15) is 0 Å². The van der Waals surface area contributed by atoms with Crippen molar-refractivity contribution >= 4 is 5.69 Å². The Balaban J connectivity index is 2.36. The molecule has 0 aliphatic carbocycles. The van der Waals surface area contributed by atoms with E-state index in [9.17, 15) is 0 Å². The van der Waals surface area contributed by atoms with Crippen LogP contribution in [0.2, 0.25) is 0 Å². The van der Waals surface area contributed by atoms with Gasteiger partial charge in [0.15, 0.2) is 0 Å². The highest BCUT2D eigenvalue weighted by atomic mass is 15.2. The van der Waals surface area contributed by atoms with Gasteiger partial charge in [-0.25, -0.2) is 0 Å². The zero-order chi connectivity index (χ0) is 13.3. The molecule has 100 valence electrons. The number of benzene rings is 1. The molecule has 18 heavy (non-hydrogen) atoms. The molecule has 1 heterocycles. The van der Waals surface area contributed by atoms with Crippen LogP contribution in [0.25, 0.3) is 0 Å². The first-order valence-electron chi connectivity index (χ1n) is 6.97. The van der Waals surface area contributed by atoms with Gasteiger partial charge in [-0.15, -0.1) is 0 Å². The number of aryl methyl sites for hydroxylation is 1. The van der Waals surface area contributed by atoms with Crippen LogP contribution >= 0.6 is 0 Å². The van der Waals surface area contributed by atoms with Gasteiger partial charge >= 0.3 is 0 Å². The van der Waals surface area contributed by atoms with Gasteiger partial charge in [0.2, 0.25) is 0 Å². The number of nitrogens with one attached hydrogen (secondary N) is 1. The van der Waals surface area contributed by atoms with Gasteiger partial charge in [-0.3, -0.25) is 0 Å². The van der Waals surface area contributed by atoms with Crippen molar-refractivity contribution in [2.45, 2.75) is 52.1 Å². The van der Waals surface area contributed by atoms with Gasteiger partial charge in [0.25, 0.3) is 0 Å². The van der Waals surface area contributed by atoms with Gasteiger partial charge in [-0.05, 0) is 64.8 Å². The van der Waals surface area contributed by atoms with Crippen LogP contribution in [0.3, 0.4) is 0 Å². The summed E-state index contributed by atoms with van der Waals surface area (Å²) in [6.45, 7) is 10.3. The molecule has 0 spiro atoms. The Hall–Kier alpha value is -1.02. The molecule has 1 unspecified atom stereocenters. The highest BCUT2D eigenvalue weighted by Gasteiger charge is 2.34. The van der Waals surface area contributed by atoms with E-state index in [-0.39, 0.29) is 5.54 Å². The van der Waals surface area contributed by atoms with E-state index in [4.69, 9.17) is 0 Å². The molecular formula is C16H26N2. The van der Waals surface area contributed by atoms with E-state index in [1.165, 1.54) is 29.7 Å². The Morgan fingerprint density at radius 1 is 1.28 bits per heavy atom. The van der Waals surface area contributed by atoms with Crippen LogP contribution in [0.1, 0.15) is 37.8 Å². The number of hydrogen-bond donors (Lipinski definition) is 1. The average Bonchev–Trinajstić information content (AvgIpc) is 2.33. The molecule has 1 aromatic rings. The smallest absolute Gasteiger partial charge is 0.0403 e. The lowest BCUT2D eigenvalue weighted by Crippen LogP contribution is -2.55. The summed E-state index contributed by atoms with van der Waals surface area (Å²) in [6.07, 6.45) is 2.51. The lowest BCUT2D eigenvalue weighted by Gasteiger charge is -2.48. The van der Waals surface area contributed by atoms with E-state index < -0.39 is 0 Å². The third-order valence-electron chi connectivity index (χ3n) is 4.51. The number of rotatable bonds is 2. The Bertz CT molecular complexity index is 423. The van der Waals surface area contributed by atoms with Crippen molar-refractivity contribution in [2.24, 2.45) is 0 Å². The van der Waals surface area contributed by atoms with E-state index in [0.717, 1.165) is 6.54 Å². The van der Waals surface area contributed by atoms with Crippen LogP contribution < -0.4 is 10.2 Å². The standard InChI is InChI=1S/C16H26N2/c1-12-7-6-8-15(13(12)2)18-11-14(17-5)9-10-16(18,3)4/h6-8,14,17H,9-11H2,1-5H3. The molecule has 1 aromatic carbocycles. The SMILES string of the molecule is CNC1CCC(C)(C)N(c2cccc(C)c2C)C1. The van der Waals surface area contributed by atoms with Gasteiger partial charge < -0.3 is 10.2 Å². The average molecular weight is 246 g/mol. The molecule has 1 saturated heterocycles. The highest BCUT2D eigenvalue weighted by Crippen LogP contribution is 2.35. The van der Waals surface area contributed by atoms with E-state index >= 15 is 0 Å². The molecule has 0 radical (unpaired) electrons. The van der Waals surface area contributed by atoms with E-state index in [0.29, 0.717) is 6.04 Å². The second kappa shape index (κ2) is 4.93. The molecule has 1 aliphatic rings. The second-order valence-corrected chi connectivity index (χ2v) is 6.17. The summed E-state index contributed by atoms with van der Waals surface area (Å²) in [4.78, 5) is 2.58. The molecule has 0 saturated carbocycles. The van der Waals surface area contributed by atoms with E-state index in [1.807, 2.05) is 0 Å². The van der Waals surface area contributed by atoms with Crippen molar-refractivity contribution in [2.75, 3.05) is 18.5 Å². The lowest BCUT2D eigenvalue weighted by molar-refractivity contribution is 0.313. The van der Waals surface area contributed by atoms with Crippen LogP contribution in [0.5, 0.6) is 0 Å². The molecule has 2 nitrogen and oxygen atoms in total. The fourth-order valence-electron chi connectivity index (χ4n) is 2.91. The zero-order valence-corrected chi connectivity index (χ0v) is 12.4. The number of nitrogens with zero attached hydrogens (tertiary/aromatic N) is 1. The largest absolute Gasteiger partial charge is 0.365 e. The van der Waals surface area contributed by atoms with Crippen LogP contribution in [-0.2, 0) is 0 Å². The molecule has 2 heteroatoms. The van der Waals surface area contributed by atoms with Crippen molar-refractivity contribution in [3.05, 3.63) is 29.3 Å². The molecule has 0 bridgehead atoms. The minimum atomic E-state index is 0.256. The first-order valence-corrected chi connectivity index (χ1v) is 6.97. The minimum Gasteiger partial charge on any atom is -0.365 e. The van der Waals surface area contributed by atoms with Gasteiger partial charge in [-0.2, -0.15) is 0 Å². The van der Waals surface area contributed by atoms with Crippen molar-refractivity contribution in [3.63, 3.8) is 0 Å². The summed E-state index contributed by atoms with van der Waals surface area (Å²) in [5, 5.41) is 3.43. The molecular weight excluding hydrogens is 220 g/mol. The fraction of sp³-hybridized carbons (Fsp3) is 0.625. The maximum absolute atomic E-state index is 3.43. The summed E-state index contributed by atoms with van der Waals surface area (Å²) in [6, 6.07) is 7.25. The van der Waals surface area contributed by atoms with Crippen molar-refractivity contribution in [3.8, 4) is 0 Å². The van der Waals surface area contributed by atoms with Gasteiger partial charge in [-0.1, -0.05) is 12.1 Å². The summed E-state index contributed by atoms with van der Waals surface area (Å²) in [5.74, 6) is 0. The van der Waals surface area contributed by atoms with Crippen LogP contribution in [-0.4, -0.2) is 25.2 Å². The summed E-state index contributed by atoms with van der Waals surface area (Å²) in [5.41, 5.74) is 4.46. The van der Waals surface area contributed by atoms with Crippen LogP contribution in [0.4, 0.5) is 5.69 Å². The zero-order valence-electron chi connectivity index (χ0n) is 12.4. The molecule has 1 N–H and O–H groups in total. The number of anilines is 1. The summed E-state index contributed by atoms with van der Waals surface area (Å²) < 4.78 is 0. The lowest BCUT2D eigenvalue weighted by atomic mass is 9.86. The first kappa shape index (κ1) is 13.4. The molecule has 0 aromatic heterocycles. The molecule has 1 atom stereocenters. The normalized spacial score (nSPS) is 23.2. The summed E-state index contributed by atoms with van der Waals surface area (Å²) >= 11 is 0. The fourth-order valence-corrected chi connectivity index (χ4v) is 2.91. The van der Waals surface area contributed by atoms with Gasteiger partial charge in [0.05, 0.1) is 0 Å². The maximum atomic E-state index is 3.43. The van der Waals surface area contributed by atoms with Crippen LogP contribution in [0, 0.1) is 13.8 Å². The first-order chi connectivity index (χ1) is 8.45. The molecule has 2 rings (SSSR count). The van der Waals surface area contributed by atoms with Crippen molar-refractivity contribution in [1.82, 2.24) is 5.32 Å². The molecule has 1 fully saturated rings. The maximum Gasteiger partial charge on any atom is 0.0403 e.